The highest BCUT2D eigenvalue weighted by Crippen LogP contribution is 2.30. The van der Waals surface area contributed by atoms with E-state index in [-0.39, 0.29) is 0 Å². The number of rotatable bonds is 2. The Labute approximate surface area is 130 Å². The monoisotopic (exact) mass is 337 g/mol. The summed E-state index contributed by atoms with van der Waals surface area (Å²) in [5, 5.41) is 2.46. The van der Waals surface area contributed by atoms with Crippen LogP contribution < -0.4 is 5.43 Å². The SMILES string of the molecule is Brc1ccc2c(c1)c1ccccc1n2Nc1ccncc1. The maximum Gasteiger partial charge on any atom is 0.0710 e. The molecule has 21 heavy (non-hydrogen) atoms. The van der Waals surface area contributed by atoms with Crippen LogP contribution in [0.15, 0.2) is 71.5 Å². The zero-order chi connectivity index (χ0) is 14.2. The van der Waals surface area contributed by atoms with Gasteiger partial charge in [0, 0.05) is 27.6 Å². The van der Waals surface area contributed by atoms with Crippen molar-refractivity contribution in [3.05, 3.63) is 71.5 Å². The summed E-state index contributed by atoms with van der Waals surface area (Å²) >= 11 is 3.56. The Kier molecular flexibility index (Phi) is 2.89. The molecular weight excluding hydrogens is 326 g/mol. The lowest BCUT2D eigenvalue weighted by atomic mass is 10.2. The number of fused-ring (bicyclic) bond motifs is 3. The van der Waals surface area contributed by atoms with Crippen molar-refractivity contribution >= 4 is 43.4 Å². The third-order valence-electron chi connectivity index (χ3n) is 3.56. The fourth-order valence-electron chi connectivity index (χ4n) is 2.62. The van der Waals surface area contributed by atoms with Crippen LogP contribution in [0.5, 0.6) is 0 Å². The van der Waals surface area contributed by atoms with E-state index in [9.17, 15) is 0 Å². The van der Waals surface area contributed by atoms with Crippen LogP contribution in [-0.4, -0.2) is 9.66 Å². The van der Waals surface area contributed by atoms with E-state index in [0.29, 0.717) is 0 Å². The third-order valence-corrected chi connectivity index (χ3v) is 4.05. The molecule has 102 valence electrons. The Morgan fingerprint density at radius 2 is 1.62 bits per heavy atom. The van der Waals surface area contributed by atoms with Gasteiger partial charge >= 0.3 is 0 Å². The second-order valence-corrected chi connectivity index (χ2v) is 5.78. The van der Waals surface area contributed by atoms with E-state index in [1.165, 1.54) is 10.8 Å². The van der Waals surface area contributed by atoms with Gasteiger partial charge in [-0.15, -0.1) is 0 Å². The second kappa shape index (κ2) is 4.90. The van der Waals surface area contributed by atoms with Gasteiger partial charge in [-0.1, -0.05) is 34.1 Å². The largest absolute Gasteiger partial charge is 0.294 e. The molecule has 2 heterocycles. The number of benzene rings is 2. The molecule has 0 radical (unpaired) electrons. The average molecular weight is 338 g/mol. The normalized spacial score (nSPS) is 11.1. The number of para-hydroxylation sites is 1. The summed E-state index contributed by atoms with van der Waals surface area (Å²) in [5.41, 5.74) is 6.76. The van der Waals surface area contributed by atoms with E-state index >= 15 is 0 Å². The van der Waals surface area contributed by atoms with Crippen molar-refractivity contribution in [1.29, 1.82) is 0 Å². The lowest BCUT2D eigenvalue weighted by Crippen LogP contribution is -2.08. The fourth-order valence-corrected chi connectivity index (χ4v) is 2.98. The van der Waals surface area contributed by atoms with Crippen molar-refractivity contribution in [2.45, 2.75) is 0 Å². The van der Waals surface area contributed by atoms with E-state index in [1.54, 1.807) is 12.4 Å². The van der Waals surface area contributed by atoms with E-state index in [1.807, 2.05) is 12.1 Å². The molecule has 1 N–H and O–H groups in total. The lowest BCUT2D eigenvalue weighted by Gasteiger charge is -2.10. The molecular formula is C17H12BrN3. The quantitative estimate of drug-likeness (QED) is 0.567. The molecule has 0 amide bonds. The van der Waals surface area contributed by atoms with Crippen LogP contribution in [-0.2, 0) is 0 Å². The maximum absolute atomic E-state index is 4.06. The van der Waals surface area contributed by atoms with Crippen LogP contribution in [0.2, 0.25) is 0 Å². The van der Waals surface area contributed by atoms with Gasteiger partial charge in [-0.25, -0.2) is 0 Å². The molecule has 4 rings (SSSR count). The molecule has 2 aromatic heterocycles. The van der Waals surface area contributed by atoms with Crippen LogP contribution in [0.3, 0.4) is 0 Å². The van der Waals surface area contributed by atoms with Gasteiger partial charge in [0.2, 0.25) is 0 Å². The number of nitrogens with one attached hydrogen (secondary N) is 1. The summed E-state index contributed by atoms with van der Waals surface area (Å²) in [6.45, 7) is 0. The van der Waals surface area contributed by atoms with Gasteiger partial charge in [0.25, 0.3) is 0 Å². The first-order valence-corrected chi connectivity index (χ1v) is 7.48. The van der Waals surface area contributed by atoms with Gasteiger partial charge < -0.3 is 0 Å². The predicted octanol–water partition coefficient (Wildman–Crippen LogP) is 4.83. The molecule has 0 bridgehead atoms. The van der Waals surface area contributed by atoms with Crippen LogP contribution in [0.25, 0.3) is 21.8 Å². The Morgan fingerprint density at radius 3 is 2.48 bits per heavy atom. The standard InChI is InChI=1S/C17H12BrN3/c18-12-5-6-17-15(11-12)14-3-1-2-4-16(14)21(17)20-13-7-9-19-10-8-13/h1-11H,(H,19,20). The molecule has 0 aliphatic rings. The molecule has 0 aliphatic heterocycles. The molecule has 0 fully saturated rings. The smallest absolute Gasteiger partial charge is 0.0710 e. The molecule has 2 aromatic carbocycles. The van der Waals surface area contributed by atoms with Gasteiger partial charge in [0.05, 0.1) is 16.7 Å². The summed E-state index contributed by atoms with van der Waals surface area (Å²) in [6.07, 6.45) is 3.57. The summed E-state index contributed by atoms with van der Waals surface area (Å²) in [7, 11) is 0. The van der Waals surface area contributed by atoms with Crippen LogP contribution in [0, 0.1) is 0 Å². The van der Waals surface area contributed by atoms with Crippen molar-refractivity contribution in [2.75, 3.05) is 5.43 Å². The van der Waals surface area contributed by atoms with Gasteiger partial charge in [0.1, 0.15) is 0 Å². The van der Waals surface area contributed by atoms with Crippen LogP contribution in [0.4, 0.5) is 5.69 Å². The molecule has 4 heteroatoms. The summed E-state index contributed by atoms with van der Waals surface area (Å²) in [6, 6.07) is 18.6. The molecule has 3 nitrogen and oxygen atoms in total. The molecule has 0 spiro atoms. The number of hydrogen-bond acceptors (Lipinski definition) is 2. The first-order chi connectivity index (χ1) is 10.3. The highest BCUT2D eigenvalue weighted by atomic mass is 79.9. The minimum absolute atomic E-state index is 1.01. The predicted molar refractivity (Wildman–Crippen MR) is 90.4 cm³/mol. The Hall–Kier alpha value is -2.33. The second-order valence-electron chi connectivity index (χ2n) is 4.86. The van der Waals surface area contributed by atoms with E-state index in [4.69, 9.17) is 0 Å². The Balaban J connectivity index is 2.01. The zero-order valence-corrected chi connectivity index (χ0v) is 12.7. The van der Waals surface area contributed by atoms with Crippen molar-refractivity contribution in [3.8, 4) is 0 Å². The minimum Gasteiger partial charge on any atom is -0.294 e. The molecule has 4 aromatic rings. The minimum atomic E-state index is 1.01. The van der Waals surface area contributed by atoms with E-state index in [0.717, 1.165) is 21.2 Å². The van der Waals surface area contributed by atoms with Crippen molar-refractivity contribution in [3.63, 3.8) is 0 Å². The Morgan fingerprint density at radius 1 is 0.857 bits per heavy atom. The van der Waals surface area contributed by atoms with Crippen LogP contribution >= 0.6 is 15.9 Å². The van der Waals surface area contributed by atoms with Crippen LogP contribution in [0.1, 0.15) is 0 Å². The maximum atomic E-state index is 4.06. The summed E-state index contributed by atoms with van der Waals surface area (Å²) in [4.78, 5) is 4.06. The number of anilines is 1. The Bertz CT molecular complexity index is 929. The first kappa shape index (κ1) is 12.4. The average Bonchev–Trinajstić information content (AvgIpc) is 2.82. The topological polar surface area (TPSA) is 29.9 Å². The van der Waals surface area contributed by atoms with Gasteiger partial charge in [-0.3, -0.25) is 15.1 Å². The van der Waals surface area contributed by atoms with Crippen molar-refractivity contribution in [2.24, 2.45) is 0 Å². The summed E-state index contributed by atoms with van der Waals surface area (Å²) < 4.78 is 3.20. The molecule has 0 unspecified atom stereocenters. The number of pyridine rings is 1. The molecule has 0 aliphatic carbocycles. The lowest BCUT2D eigenvalue weighted by molar-refractivity contribution is 1.05. The van der Waals surface area contributed by atoms with E-state index in [2.05, 4.69) is 73.5 Å². The van der Waals surface area contributed by atoms with Gasteiger partial charge in [0.15, 0.2) is 0 Å². The van der Waals surface area contributed by atoms with Gasteiger partial charge in [-0.05, 0) is 36.4 Å². The van der Waals surface area contributed by atoms with Crippen molar-refractivity contribution < 1.29 is 0 Å². The van der Waals surface area contributed by atoms with Gasteiger partial charge in [-0.2, -0.15) is 0 Å². The zero-order valence-electron chi connectivity index (χ0n) is 11.1. The van der Waals surface area contributed by atoms with Crippen molar-refractivity contribution in [1.82, 2.24) is 9.66 Å². The highest BCUT2D eigenvalue weighted by Gasteiger charge is 2.10. The number of hydrogen-bond donors (Lipinski definition) is 1. The number of aromatic nitrogens is 2. The molecule has 0 saturated heterocycles. The number of nitrogens with zero attached hydrogens (tertiary/aromatic N) is 2. The van der Waals surface area contributed by atoms with E-state index < -0.39 is 0 Å². The molecule has 0 atom stereocenters. The highest BCUT2D eigenvalue weighted by molar-refractivity contribution is 9.10. The molecule has 0 saturated carbocycles. The first-order valence-electron chi connectivity index (χ1n) is 6.69. The number of halogens is 1. The summed E-state index contributed by atoms with van der Waals surface area (Å²) in [5.74, 6) is 0. The fraction of sp³-hybridized carbons (Fsp3) is 0. The third kappa shape index (κ3) is 2.08.